The topological polar surface area (TPSA) is 125 Å². The zero-order valence-corrected chi connectivity index (χ0v) is 15.0. The van der Waals surface area contributed by atoms with Gasteiger partial charge in [-0.05, 0) is 24.5 Å². The van der Waals surface area contributed by atoms with E-state index in [4.69, 9.17) is 10.5 Å². The predicted octanol–water partition coefficient (Wildman–Crippen LogP) is 2.64. The Hall–Kier alpha value is -3.42. The number of ether oxygens (including phenoxy) is 1. The fraction of sp³-hybridized carbons (Fsp3) is 0.263. The number of hydrogen-bond donors (Lipinski definition) is 2. The van der Waals surface area contributed by atoms with Crippen LogP contribution in [0.25, 0.3) is 0 Å². The number of carbonyl (C=O) groups excluding carboxylic acids is 2. The lowest BCUT2D eigenvalue weighted by Crippen LogP contribution is -2.37. The summed E-state index contributed by atoms with van der Waals surface area (Å²) in [5, 5.41) is 13.6. The molecule has 8 heteroatoms. The number of hydrogen-bond acceptors (Lipinski definition) is 6. The normalized spacial score (nSPS) is 12.7. The van der Waals surface area contributed by atoms with Gasteiger partial charge in [-0.25, -0.2) is 4.79 Å². The first-order valence-electron chi connectivity index (χ1n) is 8.37. The molecule has 0 bridgehead atoms. The molecule has 0 saturated carbocycles. The average molecular weight is 371 g/mol. The van der Waals surface area contributed by atoms with Crippen LogP contribution in [0.15, 0.2) is 48.5 Å². The first kappa shape index (κ1) is 19.9. The summed E-state index contributed by atoms with van der Waals surface area (Å²) in [7, 11) is 0. The third-order valence-corrected chi connectivity index (χ3v) is 4.07. The second-order valence-electron chi connectivity index (χ2n) is 6.13. The summed E-state index contributed by atoms with van der Waals surface area (Å²) in [6.07, 6.45) is -1.07. The molecule has 0 aliphatic rings. The Morgan fingerprint density at radius 3 is 2.48 bits per heavy atom. The molecular formula is C19H21N3O5. The summed E-state index contributed by atoms with van der Waals surface area (Å²) in [6, 6.07) is 13.1. The molecule has 0 spiro atoms. The third-order valence-electron chi connectivity index (χ3n) is 4.07. The highest BCUT2D eigenvalue weighted by atomic mass is 16.6. The van der Waals surface area contributed by atoms with Crippen LogP contribution in [0, 0.1) is 10.1 Å². The molecule has 27 heavy (non-hydrogen) atoms. The lowest BCUT2D eigenvalue weighted by atomic mass is 10.0. The van der Waals surface area contributed by atoms with E-state index < -0.39 is 22.9 Å². The Balaban J connectivity index is 1.95. The molecule has 2 aromatic carbocycles. The number of nitro benzene ring substituents is 1. The van der Waals surface area contributed by atoms with Crippen molar-refractivity contribution in [2.24, 2.45) is 0 Å². The van der Waals surface area contributed by atoms with Crippen molar-refractivity contribution in [2.75, 3.05) is 12.3 Å². The number of nitrogens with zero attached hydrogens (tertiary/aromatic N) is 1. The molecule has 2 atom stereocenters. The summed E-state index contributed by atoms with van der Waals surface area (Å²) in [4.78, 5) is 34.6. The molecule has 142 valence electrons. The van der Waals surface area contributed by atoms with Crippen LogP contribution in [0.3, 0.4) is 0 Å². The summed E-state index contributed by atoms with van der Waals surface area (Å²) >= 11 is 0. The van der Waals surface area contributed by atoms with Crippen LogP contribution in [0.2, 0.25) is 0 Å². The van der Waals surface area contributed by atoms with E-state index in [-0.39, 0.29) is 22.9 Å². The van der Waals surface area contributed by atoms with Crippen molar-refractivity contribution in [1.29, 1.82) is 0 Å². The maximum atomic E-state index is 12.2. The van der Waals surface area contributed by atoms with Crippen LogP contribution in [0.5, 0.6) is 0 Å². The van der Waals surface area contributed by atoms with Gasteiger partial charge in [-0.2, -0.15) is 0 Å². The number of nitrogens with two attached hydrogens (primary N) is 1. The van der Waals surface area contributed by atoms with Gasteiger partial charge in [0, 0.05) is 24.4 Å². The highest BCUT2D eigenvalue weighted by molar-refractivity contribution is 5.97. The molecule has 0 aliphatic carbocycles. The lowest BCUT2D eigenvalue weighted by Gasteiger charge is -2.17. The largest absolute Gasteiger partial charge is 0.449 e. The van der Waals surface area contributed by atoms with Crippen LogP contribution in [-0.2, 0) is 9.53 Å². The number of rotatable bonds is 7. The van der Waals surface area contributed by atoms with E-state index in [9.17, 15) is 19.7 Å². The van der Waals surface area contributed by atoms with E-state index in [1.54, 1.807) is 0 Å². The molecule has 0 fully saturated rings. The van der Waals surface area contributed by atoms with Crippen molar-refractivity contribution in [1.82, 2.24) is 5.32 Å². The maximum absolute atomic E-state index is 12.2. The Morgan fingerprint density at radius 2 is 1.85 bits per heavy atom. The predicted molar refractivity (Wildman–Crippen MR) is 100 cm³/mol. The first-order chi connectivity index (χ1) is 12.8. The van der Waals surface area contributed by atoms with Crippen molar-refractivity contribution in [3.63, 3.8) is 0 Å². The highest BCUT2D eigenvalue weighted by Gasteiger charge is 2.22. The molecule has 2 aromatic rings. The van der Waals surface area contributed by atoms with E-state index in [2.05, 4.69) is 5.32 Å². The van der Waals surface area contributed by atoms with E-state index in [0.717, 1.165) is 11.6 Å². The Labute approximate surface area is 156 Å². The van der Waals surface area contributed by atoms with Gasteiger partial charge in [0.2, 0.25) is 0 Å². The van der Waals surface area contributed by atoms with Crippen molar-refractivity contribution < 1.29 is 19.2 Å². The van der Waals surface area contributed by atoms with E-state index in [0.29, 0.717) is 6.54 Å². The number of benzene rings is 2. The molecule has 0 heterocycles. The van der Waals surface area contributed by atoms with Crippen LogP contribution in [0.4, 0.5) is 11.4 Å². The third kappa shape index (κ3) is 5.27. The average Bonchev–Trinajstić information content (AvgIpc) is 2.66. The number of non-ortho nitro benzene ring substituents is 1. The van der Waals surface area contributed by atoms with Gasteiger partial charge >= 0.3 is 5.97 Å². The smallest absolute Gasteiger partial charge is 0.341 e. The molecule has 2 rings (SSSR count). The lowest BCUT2D eigenvalue weighted by molar-refractivity contribution is -0.384. The van der Waals surface area contributed by atoms with Gasteiger partial charge in [0.05, 0.1) is 10.5 Å². The molecule has 8 nitrogen and oxygen atoms in total. The van der Waals surface area contributed by atoms with Crippen molar-refractivity contribution in [3.05, 3.63) is 69.8 Å². The minimum Gasteiger partial charge on any atom is -0.449 e. The first-order valence-corrected chi connectivity index (χ1v) is 8.37. The number of amides is 1. The summed E-state index contributed by atoms with van der Waals surface area (Å²) < 4.78 is 5.10. The van der Waals surface area contributed by atoms with Gasteiger partial charge in [0.25, 0.3) is 11.6 Å². The van der Waals surface area contributed by atoms with Gasteiger partial charge in [-0.3, -0.25) is 14.9 Å². The van der Waals surface area contributed by atoms with Crippen molar-refractivity contribution in [2.45, 2.75) is 25.9 Å². The number of nitrogen functional groups attached to an aromatic ring is 1. The van der Waals surface area contributed by atoms with Gasteiger partial charge < -0.3 is 15.8 Å². The van der Waals surface area contributed by atoms with Crippen LogP contribution in [-0.4, -0.2) is 29.4 Å². The summed E-state index contributed by atoms with van der Waals surface area (Å²) in [5.41, 5.74) is 6.36. The van der Waals surface area contributed by atoms with Gasteiger partial charge in [0.1, 0.15) is 0 Å². The minimum atomic E-state index is -1.07. The number of carbonyl (C=O) groups is 2. The number of nitro groups is 1. The fourth-order valence-electron chi connectivity index (χ4n) is 2.41. The number of nitrogens with one attached hydrogen (secondary N) is 1. The molecule has 0 radical (unpaired) electrons. The van der Waals surface area contributed by atoms with Gasteiger partial charge in [-0.15, -0.1) is 0 Å². The molecule has 1 amide bonds. The van der Waals surface area contributed by atoms with Crippen LogP contribution in [0.1, 0.15) is 35.7 Å². The fourth-order valence-corrected chi connectivity index (χ4v) is 2.41. The monoisotopic (exact) mass is 371 g/mol. The zero-order valence-electron chi connectivity index (χ0n) is 15.0. The second-order valence-corrected chi connectivity index (χ2v) is 6.13. The molecule has 0 saturated heterocycles. The number of anilines is 1. The maximum Gasteiger partial charge on any atom is 0.341 e. The van der Waals surface area contributed by atoms with E-state index in [1.165, 1.54) is 19.1 Å². The Kier molecular flexibility index (Phi) is 6.48. The molecule has 0 aliphatic heterocycles. The minimum absolute atomic E-state index is 0.0379. The molecule has 3 N–H and O–H groups in total. The van der Waals surface area contributed by atoms with Gasteiger partial charge in [0.15, 0.2) is 6.10 Å². The summed E-state index contributed by atoms with van der Waals surface area (Å²) in [6.45, 7) is 3.77. The summed E-state index contributed by atoms with van der Waals surface area (Å²) in [5.74, 6) is -1.27. The molecule has 0 unspecified atom stereocenters. The number of esters is 1. The molecule has 0 aromatic heterocycles. The standard InChI is InChI=1S/C19H21N3O5/c1-12(14-6-4-3-5-7-14)11-21-18(23)13(2)27-19(24)16-10-15(22(25)26)8-9-17(16)20/h3-10,12-13H,11,20H2,1-2H3,(H,21,23)/t12-,13+/m0/s1. The highest BCUT2D eigenvalue weighted by Crippen LogP contribution is 2.21. The van der Waals surface area contributed by atoms with Crippen LogP contribution < -0.4 is 11.1 Å². The molecular weight excluding hydrogens is 350 g/mol. The SMILES string of the molecule is C[C@@H](OC(=O)c1cc([N+](=O)[O-])ccc1N)C(=O)NC[C@H](C)c1ccccc1. The Morgan fingerprint density at radius 1 is 1.19 bits per heavy atom. The Bertz CT molecular complexity index is 838. The van der Waals surface area contributed by atoms with Crippen molar-refractivity contribution >= 4 is 23.3 Å². The zero-order chi connectivity index (χ0) is 20.0. The van der Waals surface area contributed by atoms with Crippen molar-refractivity contribution in [3.8, 4) is 0 Å². The van der Waals surface area contributed by atoms with Gasteiger partial charge in [-0.1, -0.05) is 37.3 Å². The quantitative estimate of drug-likeness (QED) is 0.334. The van der Waals surface area contributed by atoms with E-state index >= 15 is 0 Å². The van der Waals surface area contributed by atoms with E-state index in [1.807, 2.05) is 37.3 Å². The second kappa shape index (κ2) is 8.79. The van der Waals surface area contributed by atoms with Crippen LogP contribution >= 0.6 is 0 Å².